The smallest absolute Gasteiger partial charge is 0.459 e. The third-order valence-electron chi connectivity index (χ3n) is 9.04. The molecule has 0 unspecified atom stereocenters. The molecule has 0 saturated heterocycles. The fourth-order valence-corrected chi connectivity index (χ4v) is 5.74. The largest absolute Gasteiger partial charge is 0.513 e. The summed E-state index contributed by atoms with van der Waals surface area (Å²) in [5, 5.41) is 12.4. The number of esters is 3. The van der Waals surface area contributed by atoms with Crippen LogP contribution in [0.5, 0.6) is 17.2 Å². The molecule has 24 nitrogen and oxygen atoms in total. The topological polar surface area (TPSA) is 302 Å². The lowest BCUT2D eigenvalue weighted by Gasteiger charge is -2.06. The fourth-order valence-electron chi connectivity index (χ4n) is 5.74. The van der Waals surface area contributed by atoms with E-state index in [0.717, 1.165) is 18.2 Å². The number of aromatic nitrogens is 6. The minimum Gasteiger partial charge on any atom is -0.459 e. The summed E-state index contributed by atoms with van der Waals surface area (Å²) >= 11 is 0. The molecule has 0 aliphatic rings. The predicted molar refractivity (Wildman–Crippen MR) is 242 cm³/mol. The first-order valence-corrected chi connectivity index (χ1v) is 20.9. The summed E-state index contributed by atoms with van der Waals surface area (Å²) in [7, 11) is 0. The predicted octanol–water partition coefficient (Wildman–Crippen LogP) is 7.57. The second-order valence-electron chi connectivity index (χ2n) is 13.9. The quantitative estimate of drug-likeness (QED) is 0.0220. The number of carbonyl (C=O) groups is 6. The Hall–Kier alpha value is -10.3. The number of hydrogen-bond donors (Lipinski definition) is 0. The molecule has 0 aliphatic heterocycles. The molecule has 0 spiro atoms. The van der Waals surface area contributed by atoms with Gasteiger partial charge in [-0.05, 0) is 91.0 Å². The molecule has 0 bridgehead atoms. The van der Waals surface area contributed by atoms with E-state index < -0.39 is 36.4 Å². The van der Waals surface area contributed by atoms with Crippen molar-refractivity contribution < 1.29 is 85.0 Å². The Morgan fingerprint density at radius 3 is 0.875 bits per heavy atom. The van der Waals surface area contributed by atoms with Gasteiger partial charge in [0.25, 0.3) is 17.7 Å². The van der Waals surface area contributed by atoms with Crippen molar-refractivity contribution in [2.45, 2.75) is 0 Å². The molecule has 0 amide bonds. The van der Waals surface area contributed by atoms with Crippen LogP contribution in [0.1, 0.15) is 0 Å². The highest BCUT2D eigenvalue weighted by molar-refractivity contribution is 5.82. The normalized spacial score (nSPS) is 10.5. The number of hydrogen-bond acceptors (Lipinski definition) is 24. The number of ether oxygens (including phenoxy) is 9. The molecule has 366 valence electrons. The highest BCUT2D eigenvalue weighted by Gasteiger charge is 2.21. The van der Waals surface area contributed by atoms with Gasteiger partial charge in [-0.2, -0.15) is 15.0 Å². The Labute approximate surface area is 405 Å². The first kappa shape index (κ1) is 49.6. The Morgan fingerprint density at radius 1 is 0.375 bits per heavy atom. The maximum Gasteiger partial charge on any atom is 0.513 e. The van der Waals surface area contributed by atoms with Crippen LogP contribution in [0.2, 0.25) is 0 Å². The van der Waals surface area contributed by atoms with Crippen molar-refractivity contribution in [1.29, 1.82) is 0 Å². The SMILES string of the molecule is C=CC(=O)OCCOC(=O)Oc1ccc(-c2noc(-c3cc(-c4nc(-c5ccc(OC(=O)OCCOC(=O)C=C)cc5)no4)cc(-c4nc(-c5ccc(OC(=O)OCCOC(=O)C=C)cc5)no4)c3)n2)cc1. The summed E-state index contributed by atoms with van der Waals surface area (Å²) in [6.45, 7) is 8.61. The summed E-state index contributed by atoms with van der Waals surface area (Å²) < 4.78 is 61.6. The van der Waals surface area contributed by atoms with Crippen molar-refractivity contribution in [3.05, 3.63) is 129 Å². The van der Waals surface area contributed by atoms with Crippen LogP contribution in [-0.4, -0.2) is 106 Å². The van der Waals surface area contributed by atoms with Crippen LogP contribution >= 0.6 is 0 Å². The summed E-state index contributed by atoms with van der Waals surface area (Å²) in [4.78, 5) is 83.6. The van der Waals surface area contributed by atoms with E-state index in [4.69, 9.17) is 56.2 Å². The molecule has 0 aliphatic carbocycles. The van der Waals surface area contributed by atoms with Gasteiger partial charge in [-0.1, -0.05) is 35.2 Å². The van der Waals surface area contributed by atoms with Gasteiger partial charge in [-0.3, -0.25) is 0 Å². The number of benzene rings is 4. The molecule has 0 N–H and O–H groups in total. The second-order valence-corrected chi connectivity index (χ2v) is 13.9. The van der Waals surface area contributed by atoms with Crippen LogP contribution in [0, 0.1) is 0 Å². The summed E-state index contributed by atoms with van der Waals surface area (Å²) in [5.74, 6) is -0.916. The van der Waals surface area contributed by atoms with Crippen LogP contribution in [0.25, 0.3) is 68.5 Å². The van der Waals surface area contributed by atoms with Gasteiger partial charge >= 0.3 is 36.4 Å². The van der Waals surface area contributed by atoms with Crippen LogP contribution in [0.3, 0.4) is 0 Å². The summed E-state index contributed by atoms with van der Waals surface area (Å²) in [6, 6.07) is 23.3. The third-order valence-corrected chi connectivity index (χ3v) is 9.04. The van der Waals surface area contributed by atoms with E-state index in [1.54, 1.807) is 54.6 Å². The lowest BCUT2D eigenvalue weighted by molar-refractivity contribution is -0.139. The van der Waals surface area contributed by atoms with E-state index in [1.165, 1.54) is 36.4 Å². The van der Waals surface area contributed by atoms with Crippen molar-refractivity contribution in [1.82, 2.24) is 30.4 Å². The van der Waals surface area contributed by atoms with Crippen molar-refractivity contribution in [3.8, 4) is 85.8 Å². The fraction of sp³-hybridized carbons (Fsp3) is 0.125. The maximum atomic E-state index is 12.1. The van der Waals surface area contributed by atoms with Gasteiger partial charge in [-0.15, -0.1) is 0 Å². The minimum absolute atomic E-state index is 0.0485. The Bertz CT molecular complexity index is 2750. The van der Waals surface area contributed by atoms with E-state index in [1.807, 2.05) is 0 Å². The first-order chi connectivity index (χ1) is 35.0. The van der Waals surface area contributed by atoms with Gasteiger partial charge in [0, 0.05) is 51.6 Å². The zero-order chi connectivity index (χ0) is 50.8. The van der Waals surface area contributed by atoms with Gasteiger partial charge in [-0.25, -0.2) is 28.8 Å². The Kier molecular flexibility index (Phi) is 16.7. The molecule has 4 aromatic carbocycles. The molecule has 7 rings (SSSR count). The van der Waals surface area contributed by atoms with E-state index >= 15 is 0 Å². The zero-order valence-electron chi connectivity index (χ0n) is 37.3. The standard InChI is InChI=1S/C48H36N6O18/c1-4-37(55)61-19-22-64-46(58)67-34-13-7-28(8-14-34)40-49-43(70-52-40)31-25-32(44-50-41(53-71-44)29-9-15-35(16-10-29)68-47(59)65-23-20-62-38(56)5-2)27-33(26-31)45-51-42(54-72-45)30-11-17-36(18-12-30)69-48(60)66-24-21-63-39(57)6-3/h4-18,25-27H,1-3,19-24H2. The Morgan fingerprint density at radius 2 is 0.625 bits per heavy atom. The number of rotatable bonds is 21. The Balaban J connectivity index is 1.08. The van der Waals surface area contributed by atoms with Crippen LogP contribution in [0.4, 0.5) is 14.4 Å². The molecule has 0 saturated carbocycles. The molecule has 3 aromatic heterocycles. The molecule has 72 heavy (non-hydrogen) atoms. The van der Waals surface area contributed by atoms with Crippen molar-refractivity contribution in [2.24, 2.45) is 0 Å². The van der Waals surface area contributed by atoms with Crippen molar-refractivity contribution >= 4 is 36.4 Å². The maximum absolute atomic E-state index is 12.1. The summed E-state index contributed by atoms with van der Waals surface area (Å²) in [6.07, 6.45) is -0.119. The molecule has 0 fully saturated rings. The molecule has 0 radical (unpaired) electrons. The monoisotopic (exact) mass is 984 g/mol. The molecule has 0 atom stereocenters. The zero-order valence-corrected chi connectivity index (χ0v) is 37.3. The molecular formula is C48H36N6O18. The van der Waals surface area contributed by atoms with Crippen LogP contribution in [0.15, 0.2) is 143 Å². The first-order valence-electron chi connectivity index (χ1n) is 20.9. The highest BCUT2D eigenvalue weighted by atomic mass is 16.7. The lowest BCUT2D eigenvalue weighted by atomic mass is 10.0. The van der Waals surface area contributed by atoms with E-state index in [9.17, 15) is 28.8 Å². The molecular weight excluding hydrogens is 949 g/mol. The molecule has 3 heterocycles. The number of nitrogens with zero attached hydrogens (tertiary/aromatic N) is 6. The van der Waals surface area contributed by atoms with Gasteiger partial charge in [0.1, 0.15) is 56.9 Å². The minimum atomic E-state index is -1.02. The third kappa shape index (κ3) is 13.9. The second kappa shape index (κ2) is 24.2. The van der Waals surface area contributed by atoms with E-state index in [-0.39, 0.29) is 92.0 Å². The van der Waals surface area contributed by atoms with E-state index in [2.05, 4.69) is 50.2 Å². The number of carbonyl (C=O) groups excluding carboxylic acids is 6. The van der Waals surface area contributed by atoms with Gasteiger partial charge in [0.05, 0.1) is 0 Å². The average molecular weight is 985 g/mol. The van der Waals surface area contributed by atoms with E-state index in [0.29, 0.717) is 33.4 Å². The van der Waals surface area contributed by atoms with Gasteiger partial charge in [0.15, 0.2) is 0 Å². The average Bonchev–Trinajstić information content (AvgIpc) is 4.22. The summed E-state index contributed by atoms with van der Waals surface area (Å²) in [5.41, 5.74) is 2.55. The molecule has 7 aromatic rings. The van der Waals surface area contributed by atoms with Crippen molar-refractivity contribution in [2.75, 3.05) is 39.6 Å². The van der Waals surface area contributed by atoms with Crippen LogP contribution in [-0.2, 0) is 42.8 Å². The van der Waals surface area contributed by atoms with Crippen LogP contribution < -0.4 is 14.2 Å². The van der Waals surface area contributed by atoms with Gasteiger partial charge < -0.3 is 56.2 Å². The highest BCUT2D eigenvalue weighted by Crippen LogP contribution is 2.34. The van der Waals surface area contributed by atoms with Crippen molar-refractivity contribution in [3.63, 3.8) is 0 Å². The lowest BCUT2D eigenvalue weighted by Crippen LogP contribution is -2.15. The molecule has 24 heteroatoms. The van der Waals surface area contributed by atoms with Gasteiger partial charge in [0.2, 0.25) is 17.5 Å².